The number of hydrogen-bond donors (Lipinski definition) is 3. The molecule has 0 fully saturated rings. The normalized spacial score (nSPS) is 11.0. The molecule has 6 heteroatoms. The first-order valence-corrected chi connectivity index (χ1v) is 7.18. The number of phenols is 2. The third-order valence-corrected chi connectivity index (χ3v) is 4.03. The molecule has 0 saturated carbocycles. The highest BCUT2D eigenvalue weighted by Gasteiger charge is 2.16. The Labute approximate surface area is 116 Å². The second-order valence-electron chi connectivity index (χ2n) is 4.08. The van der Waals surface area contributed by atoms with Gasteiger partial charge < -0.3 is 10.2 Å². The Morgan fingerprint density at radius 1 is 1.00 bits per heavy atom. The number of nitrogens with one attached hydrogen (secondary N) is 1. The van der Waals surface area contributed by atoms with Crippen LogP contribution in [0, 0.1) is 0 Å². The van der Waals surface area contributed by atoms with Gasteiger partial charge in [0.15, 0.2) is 11.5 Å². The van der Waals surface area contributed by atoms with Crippen molar-refractivity contribution in [2.24, 2.45) is 0 Å². The fraction of sp³-hybridized carbons (Fsp3) is 0. The molecule has 0 saturated heterocycles. The van der Waals surface area contributed by atoms with Crippen molar-refractivity contribution in [3.63, 3.8) is 0 Å². The molecule has 0 heterocycles. The molecule has 5 nitrogen and oxygen atoms in total. The van der Waals surface area contributed by atoms with Gasteiger partial charge in [-0.15, -0.1) is 0 Å². The molecular weight excluding hydrogens is 278 g/mol. The number of hydrogen-bond acceptors (Lipinski definition) is 4. The number of rotatable bonds is 4. The van der Waals surface area contributed by atoms with Crippen molar-refractivity contribution in [3.8, 4) is 11.5 Å². The van der Waals surface area contributed by atoms with Gasteiger partial charge in [0.25, 0.3) is 10.0 Å². The van der Waals surface area contributed by atoms with Gasteiger partial charge in [0.2, 0.25) is 0 Å². The third-order valence-electron chi connectivity index (χ3n) is 2.66. The van der Waals surface area contributed by atoms with Gasteiger partial charge in [-0.3, -0.25) is 4.72 Å². The molecule has 0 aliphatic rings. The third kappa shape index (κ3) is 2.92. The Morgan fingerprint density at radius 3 is 2.20 bits per heavy atom. The summed E-state index contributed by atoms with van der Waals surface area (Å²) in [6, 6.07) is 9.96. The summed E-state index contributed by atoms with van der Waals surface area (Å²) in [5, 5.41) is 18.5. The lowest BCUT2D eigenvalue weighted by Crippen LogP contribution is -2.12. The van der Waals surface area contributed by atoms with Crippen LogP contribution in [0.25, 0.3) is 6.08 Å². The first-order valence-electron chi connectivity index (χ1n) is 5.70. The quantitative estimate of drug-likeness (QED) is 0.755. The SMILES string of the molecule is C=Cc1ccc(NS(=O)(=O)c2ccc(O)c(O)c2)cc1. The lowest BCUT2D eigenvalue weighted by molar-refractivity contribution is 0.402. The average molecular weight is 291 g/mol. The molecule has 0 spiro atoms. The van der Waals surface area contributed by atoms with E-state index in [2.05, 4.69) is 11.3 Å². The predicted molar refractivity (Wildman–Crippen MR) is 77.1 cm³/mol. The standard InChI is InChI=1S/C14H13NO4S/c1-2-10-3-5-11(6-4-10)15-20(18,19)12-7-8-13(16)14(17)9-12/h2-9,15-17H,1H2. The Morgan fingerprint density at radius 2 is 1.65 bits per heavy atom. The van der Waals surface area contributed by atoms with Crippen molar-refractivity contribution in [2.75, 3.05) is 4.72 Å². The lowest BCUT2D eigenvalue weighted by atomic mass is 10.2. The largest absolute Gasteiger partial charge is 0.504 e. The second kappa shape index (κ2) is 5.26. The Bertz CT molecular complexity index is 736. The van der Waals surface area contributed by atoms with E-state index < -0.39 is 15.8 Å². The summed E-state index contributed by atoms with van der Waals surface area (Å²) in [7, 11) is -3.82. The van der Waals surface area contributed by atoms with E-state index in [9.17, 15) is 18.6 Å². The van der Waals surface area contributed by atoms with Gasteiger partial charge in [-0.05, 0) is 29.8 Å². The number of phenolic OH excluding ortho intramolecular Hbond substituents is 2. The van der Waals surface area contributed by atoms with E-state index in [0.29, 0.717) is 5.69 Å². The maximum Gasteiger partial charge on any atom is 0.262 e. The summed E-state index contributed by atoms with van der Waals surface area (Å²) in [4.78, 5) is -0.138. The van der Waals surface area contributed by atoms with Crippen LogP contribution in [0.5, 0.6) is 11.5 Å². The van der Waals surface area contributed by atoms with Crippen LogP contribution in [0.1, 0.15) is 5.56 Å². The van der Waals surface area contributed by atoms with E-state index in [0.717, 1.165) is 17.7 Å². The highest BCUT2D eigenvalue weighted by atomic mass is 32.2. The van der Waals surface area contributed by atoms with Gasteiger partial charge in [-0.1, -0.05) is 24.8 Å². The van der Waals surface area contributed by atoms with Gasteiger partial charge in [-0.25, -0.2) is 8.42 Å². The predicted octanol–water partition coefficient (Wildman–Crippen LogP) is 2.54. The molecule has 0 aliphatic carbocycles. The van der Waals surface area contributed by atoms with Crippen molar-refractivity contribution >= 4 is 21.8 Å². The number of anilines is 1. The Balaban J connectivity index is 2.30. The first-order chi connectivity index (χ1) is 9.42. The van der Waals surface area contributed by atoms with Crippen LogP contribution in [0.4, 0.5) is 5.69 Å². The minimum Gasteiger partial charge on any atom is -0.504 e. The summed E-state index contributed by atoms with van der Waals surface area (Å²) in [6.45, 7) is 3.61. The van der Waals surface area contributed by atoms with Crippen LogP contribution < -0.4 is 4.72 Å². The van der Waals surface area contributed by atoms with Crippen molar-refractivity contribution in [2.45, 2.75) is 4.90 Å². The molecule has 104 valence electrons. The molecule has 3 N–H and O–H groups in total. The van der Waals surface area contributed by atoms with E-state index in [1.54, 1.807) is 30.3 Å². The van der Waals surface area contributed by atoms with Crippen LogP contribution in [0.15, 0.2) is 53.9 Å². The van der Waals surface area contributed by atoms with Gasteiger partial charge in [0, 0.05) is 11.8 Å². The van der Waals surface area contributed by atoms with E-state index in [1.165, 1.54) is 6.07 Å². The van der Waals surface area contributed by atoms with Gasteiger partial charge in [0.1, 0.15) is 0 Å². The second-order valence-corrected chi connectivity index (χ2v) is 5.76. The fourth-order valence-electron chi connectivity index (χ4n) is 1.57. The summed E-state index contributed by atoms with van der Waals surface area (Å²) >= 11 is 0. The van der Waals surface area contributed by atoms with Crippen LogP contribution in [0.2, 0.25) is 0 Å². The maximum absolute atomic E-state index is 12.1. The molecular formula is C14H13NO4S. The molecule has 0 aliphatic heterocycles. The number of aromatic hydroxyl groups is 2. The van der Waals surface area contributed by atoms with Crippen LogP contribution in [-0.2, 0) is 10.0 Å². The van der Waals surface area contributed by atoms with Crippen molar-refractivity contribution in [1.29, 1.82) is 0 Å². The molecule has 20 heavy (non-hydrogen) atoms. The van der Waals surface area contributed by atoms with Gasteiger partial charge in [0.05, 0.1) is 4.90 Å². The smallest absolute Gasteiger partial charge is 0.262 e. The summed E-state index contributed by atoms with van der Waals surface area (Å²) in [6.07, 6.45) is 1.65. The molecule has 0 radical (unpaired) electrons. The summed E-state index contributed by atoms with van der Waals surface area (Å²) in [5.41, 5.74) is 1.26. The molecule has 2 aromatic carbocycles. The van der Waals surface area contributed by atoms with E-state index >= 15 is 0 Å². The summed E-state index contributed by atoms with van der Waals surface area (Å²) < 4.78 is 26.6. The highest BCUT2D eigenvalue weighted by molar-refractivity contribution is 7.92. The molecule has 0 bridgehead atoms. The zero-order valence-electron chi connectivity index (χ0n) is 10.4. The van der Waals surface area contributed by atoms with Crippen molar-refractivity contribution in [1.82, 2.24) is 0 Å². The molecule has 0 aromatic heterocycles. The van der Waals surface area contributed by atoms with E-state index in [1.807, 2.05) is 0 Å². The zero-order valence-corrected chi connectivity index (χ0v) is 11.3. The Kier molecular flexibility index (Phi) is 3.67. The molecule has 2 aromatic rings. The number of benzene rings is 2. The molecule has 0 amide bonds. The molecule has 0 unspecified atom stereocenters. The lowest BCUT2D eigenvalue weighted by Gasteiger charge is -2.09. The number of sulfonamides is 1. The maximum atomic E-state index is 12.1. The minimum atomic E-state index is -3.82. The Hall–Kier alpha value is -2.47. The highest BCUT2D eigenvalue weighted by Crippen LogP contribution is 2.28. The van der Waals surface area contributed by atoms with Crippen LogP contribution >= 0.6 is 0 Å². The van der Waals surface area contributed by atoms with E-state index in [4.69, 9.17) is 0 Å². The monoisotopic (exact) mass is 291 g/mol. The molecule has 2 rings (SSSR count). The average Bonchev–Trinajstić information content (AvgIpc) is 2.42. The minimum absolute atomic E-state index is 0.138. The van der Waals surface area contributed by atoms with Gasteiger partial charge in [-0.2, -0.15) is 0 Å². The summed E-state index contributed by atoms with van der Waals surface area (Å²) in [5.74, 6) is -0.867. The topological polar surface area (TPSA) is 86.6 Å². The van der Waals surface area contributed by atoms with Crippen LogP contribution in [-0.4, -0.2) is 18.6 Å². The van der Waals surface area contributed by atoms with Crippen molar-refractivity contribution in [3.05, 3.63) is 54.6 Å². The van der Waals surface area contributed by atoms with Gasteiger partial charge >= 0.3 is 0 Å². The van der Waals surface area contributed by atoms with E-state index in [-0.39, 0.29) is 10.6 Å². The first kappa shape index (κ1) is 14.0. The van der Waals surface area contributed by atoms with Crippen LogP contribution in [0.3, 0.4) is 0 Å². The van der Waals surface area contributed by atoms with Crippen molar-refractivity contribution < 1.29 is 18.6 Å². The zero-order chi connectivity index (χ0) is 14.8. The fourth-order valence-corrected chi connectivity index (χ4v) is 2.65. The molecule has 0 atom stereocenters.